The van der Waals surface area contributed by atoms with Crippen molar-refractivity contribution >= 4 is 65.7 Å². The van der Waals surface area contributed by atoms with Crippen molar-refractivity contribution in [1.82, 2.24) is 23.7 Å². The first kappa shape index (κ1) is 27.9. The first-order valence-corrected chi connectivity index (χ1v) is 17.2. The van der Waals surface area contributed by atoms with Gasteiger partial charge in [0.15, 0.2) is 0 Å². The highest BCUT2D eigenvalue weighted by atomic mass is 15.0. The Labute approximate surface area is 292 Å². The summed E-state index contributed by atoms with van der Waals surface area (Å²) in [5.41, 5.74) is 14.6. The van der Waals surface area contributed by atoms with E-state index in [0.717, 1.165) is 60.9 Å². The molecule has 6 aromatic carbocycles. The number of benzene rings is 6. The number of hydrogen-bond donors (Lipinski definition) is 0. The third kappa shape index (κ3) is 4.09. The van der Waals surface area contributed by atoms with Crippen LogP contribution in [0.1, 0.15) is 0 Å². The summed E-state index contributed by atoms with van der Waals surface area (Å²) in [6, 6.07) is 58.6. The Bertz CT molecular complexity index is 3130. The Morgan fingerprint density at radius 3 is 1.37 bits per heavy atom. The zero-order valence-electron chi connectivity index (χ0n) is 27.5. The van der Waals surface area contributed by atoms with Gasteiger partial charge >= 0.3 is 0 Å². The molecule has 238 valence electrons. The van der Waals surface area contributed by atoms with E-state index >= 15 is 0 Å². The van der Waals surface area contributed by atoms with Crippen molar-refractivity contribution < 1.29 is 0 Å². The van der Waals surface area contributed by atoms with E-state index in [4.69, 9.17) is 9.97 Å². The number of pyridine rings is 2. The first-order valence-electron chi connectivity index (χ1n) is 17.2. The van der Waals surface area contributed by atoms with Crippen LogP contribution in [0.15, 0.2) is 176 Å². The summed E-state index contributed by atoms with van der Waals surface area (Å²) in [6.07, 6.45) is 3.77. The second-order valence-electron chi connectivity index (χ2n) is 13.1. The Morgan fingerprint density at radius 1 is 0.294 bits per heavy atom. The molecule has 51 heavy (non-hydrogen) atoms. The number of aromatic nitrogens is 5. The Hall–Kier alpha value is -6.98. The smallest absolute Gasteiger partial charge is 0.0964 e. The standard InChI is InChI=1S/C46H29N5/c1-3-11-32(12-4-1)49-41-23-20-31(28-37(41)45-43(49)17-9-25-47-45)30-19-22-40-36(27-30)35-15-7-8-16-39(35)51(40)34-21-24-42-38(29-34)46-44(18-10-26-48-46)50(42)33-13-5-2-6-14-33/h1-29H. The van der Waals surface area contributed by atoms with Gasteiger partial charge in [-0.25, -0.2) is 0 Å². The molecule has 0 bridgehead atoms. The van der Waals surface area contributed by atoms with E-state index < -0.39 is 0 Å². The van der Waals surface area contributed by atoms with Gasteiger partial charge in [-0.2, -0.15) is 0 Å². The monoisotopic (exact) mass is 651 g/mol. The first-order chi connectivity index (χ1) is 25.3. The Kier molecular flexibility index (Phi) is 5.89. The summed E-state index contributed by atoms with van der Waals surface area (Å²) in [5, 5.41) is 4.72. The van der Waals surface area contributed by atoms with Crippen LogP contribution in [0.25, 0.3) is 93.9 Å². The van der Waals surface area contributed by atoms with Crippen LogP contribution in [0.4, 0.5) is 0 Å². The van der Waals surface area contributed by atoms with Crippen molar-refractivity contribution in [2.24, 2.45) is 0 Å². The fourth-order valence-corrected chi connectivity index (χ4v) is 8.12. The lowest BCUT2D eigenvalue weighted by atomic mass is 10.0. The second-order valence-corrected chi connectivity index (χ2v) is 13.1. The van der Waals surface area contributed by atoms with Crippen molar-refractivity contribution in [3.05, 3.63) is 176 Å². The van der Waals surface area contributed by atoms with E-state index in [0.29, 0.717) is 0 Å². The zero-order valence-corrected chi connectivity index (χ0v) is 27.5. The molecule has 11 rings (SSSR count). The third-order valence-electron chi connectivity index (χ3n) is 10.3. The van der Waals surface area contributed by atoms with Crippen LogP contribution in [-0.4, -0.2) is 23.7 Å². The van der Waals surface area contributed by atoms with Gasteiger partial charge in [0.2, 0.25) is 0 Å². The summed E-state index contributed by atoms with van der Waals surface area (Å²) in [7, 11) is 0. The van der Waals surface area contributed by atoms with Gasteiger partial charge in [0, 0.05) is 51.0 Å². The largest absolute Gasteiger partial charge is 0.309 e. The van der Waals surface area contributed by atoms with Crippen molar-refractivity contribution in [1.29, 1.82) is 0 Å². The number of para-hydroxylation sites is 3. The second kappa shape index (κ2) is 10.8. The molecule has 5 aromatic heterocycles. The van der Waals surface area contributed by atoms with E-state index in [2.05, 4.69) is 165 Å². The highest BCUT2D eigenvalue weighted by molar-refractivity contribution is 6.13. The van der Waals surface area contributed by atoms with Gasteiger partial charge in [-0.05, 0) is 108 Å². The lowest BCUT2D eigenvalue weighted by Crippen LogP contribution is -1.95. The van der Waals surface area contributed by atoms with E-state index in [1.54, 1.807) is 0 Å². The van der Waals surface area contributed by atoms with Crippen LogP contribution >= 0.6 is 0 Å². The highest BCUT2D eigenvalue weighted by Gasteiger charge is 2.18. The number of fused-ring (bicyclic) bond motifs is 9. The lowest BCUT2D eigenvalue weighted by Gasteiger charge is -2.10. The molecule has 0 aliphatic carbocycles. The maximum atomic E-state index is 4.87. The van der Waals surface area contributed by atoms with Gasteiger partial charge in [0.05, 0.1) is 44.1 Å². The zero-order chi connectivity index (χ0) is 33.5. The Morgan fingerprint density at radius 2 is 0.745 bits per heavy atom. The van der Waals surface area contributed by atoms with Gasteiger partial charge in [-0.3, -0.25) is 9.97 Å². The average molecular weight is 652 g/mol. The molecular formula is C46H29N5. The minimum atomic E-state index is 1.000. The molecule has 5 nitrogen and oxygen atoms in total. The topological polar surface area (TPSA) is 40.6 Å². The summed E-state index contributed by atoms with van der Waals surface area (Å²) in [4.78, 5) is 9.72. The third-order valence-corrected chi connectivity index (χ3v) is 10.3. The molecule has 5 heteroatoms. The highest BCUT2D eigenvalue weighted by Crippen LogP contribution is 2.39. The summed E-state index contributed by atoms with van der Waals surface area (Å²) < 4.78 is 7.01. The van der Waals surface area contributed by atoms with E-state index in [9.17, 15) is 0 Å². The molecule has 0 spiro atoms. The van der Waals surface area contributed by atoms with Crippen LogP contribution in [0.2, 0.25) is 0 Å². The molecule has 0 saturated carbocycles. The summed E-state index contributed by atoms with van der Waals surface area (Å²) >= 11 is 0. The van der Waals surface area contributed by atoms with Gasteiger partial charge in [0.25, 0.3) is 0 Å². The van der Waals surface area contributed by atoms with Gasteiger partial charge in [-0.1, -0.05) is 66.7 Å². The molecule has 0 atom stereocenters. The van der Waals surface area contributed by atoms with Crippen LogP contribution in [-0.2, 0) is 0 Å². The lowest BCUT2D eigenvalue weighted by molar-refractivity contribution is 1.16. The molecule has 0 aliphatic heterocycles. The van der Waals surface area contributed by atoms with Crippen molar-refractivity contribution in [3.8, 4) is 28.2 Å². The maximum absolute atomic E-state index is 4.87. The predicted molar refractivity (Wildman–Crippen MR) is 210 cm³/mol. The van der Waals surface area contributed by atoms with Crippen molar-refractivity contribution in [2.45, 2.75) is 0 Å². The number of hydrogen-bond acceptors (Lipinski definition) is 2. The van der Waals surface area contributed by atoms with Crippen molar-refractivity contribution in [2.75, 3.05) is 0 Å². The molecule has 5 heterocycles. The van der Waals surface area contributed by atoms with Crippen LogP contribution in [0.3, 0.4) is 0 Å². The molecule has 0 N–H and O–H groups in total. The SMILES string of the molecule is c1ccc(-n2c3ccc(-c4ccc5c(c4)c4ccccc4n5-c4ccc5c(c4)c4ncccc4n5-c4ccccc4)cc3c3ncccc32)cc1. The maximum Gasteiger partial charge on any atom is 0.0964 e. The molecule has 0 aliphatic rings. The van der Waals surface area contributed by atoms with Crippen molar-refractivity contribution in [3.63, 3.8) is 0 Å². The number of nitrogens with zero attached hydrogens (tertiary/aromatic N) is 5. The molecular weight excluding hydrogens is 623 g/mol. The number of rotatable bonds is 4. The summed E-state index contributed by atoms with van der Waals surface area (Å²) in [5.74, 6) is 0. The van der Waals surface area contributed by atoms with Crippen LogP contribution in [0, 0.1) is 0 Å². The van der Waals surface area contributed by atoms with Crippen LogP contribution in [0.5, 0.6) is 0 Å². The predicted octanol–water partition coefficient (Wildman–Crippen LogP) is 11.4. The van der Waals surface area contributed by atoms with E-state index in [-0.39, 0.29) is 0 Å². The fraction of sp³-hybridized carbons (Fsp3) is 0. The Balaban J connectivity index is 1.10. The minimum Gasteiger partial charge on any atom is -0.309 e. The van der Waals surface area contributed by atoms with Gasteiger partial charge in [0.1, 0.15) is 0 Å². The molecule has 0 unspecified atom stereocenters. The minimum absolute atomic E-state index is 1.000. The fourth-order valence-electron chi connectivity index (χ4n) is 8.12. The average Bonchev–Trinajstić information content (AvgIpc) is 3.83. The van der Waals surface area contributed by atoms with E-state index in [1.165, 1.54) is 32.9 Å². The molecule has 11 aromatic rings. The van der Waals surface area contributed by atoms with Crippen LogP contribution < -0.4 is 0 Å². The molecule has 0 fully saturated rings. The van der Waals surface area contributed by atoms with E-state index in [1.807, 2.05) is 24.5 Å². The molecule has 0 radical (unpaired) electrons. The molecule has 0 amide bonds. The quantitative estimate of drug-likeness (QED) is 0.190. The normalized spacial score (nSPS) is 11.9. The molecule has 0 saturated heterocycles. The van der Waals surface area contributed by atoms with Gasteiger partial charge in [-0.15, -0.1) is 0 Å². The summed E-state index contributed by atoms with van der Waals surface area (Å²) in [6.45, 7) is 0. The van der Waals surface area contributed by atoms with Gasteiger partial charge < -0.3 is 13.7 Å².